The second kappa shape index (κ2) is 6.06. The molecule has 0 atom stereocenters. The molecule has 0 radical (unpaired) electrons. The predicted octanol–water partition coefficient (Wildman–Crippen LogP) is 1.02. The van der Waals surface area contributed by atoms with E-state index in [1.165, 1.54) is 10.6 Å². The van der Waals surface area contributed by atoms with Gasteiger partial charge in [0.05, 0.1) is 0 Å². The molecule has 0 aromatic carbocycles. The average Bonchev–Trinajstić information content (AvgIpc) is 2.32. The molecule has 5 nitrogen and oxygen atoms in total. The van der Waals surface area contributed by atoms with Crippen LogP contribution in [-0.2, 0) is 17.7 Å². The fraction of sp³-hybridized carbons (Fsp3) is 0.500. The van der Waals surface area contributed by atoms with E-state index in [0.717, 1.165) is 0 Å². The van der Waals surface area contributed by atoms with Crippen molar-refractivity contribution in [3.63, 3.8) is 0 Å². The lowest BCUT2D eigenvalue weighted by atomic mass is 10.1. The molecule has 1 rings (SSSR count). The summed E-state index contributed by atoms with van der Waals surface area (Å²) in [5, 5.41) is 18.8. The SMILES string of the molecule is CCc1cc(=O)n(CCCOC)c(O)c1C#N. The van der Waals surface area contributed by atoms with Gasteiger partial charge in [0, 0.05) is 26.3 Å². The Bertz CT molecular complexity index is 486. The zero-order chi connectivity index (χ0) is 12.8. The molecular weight excluding hydrogens is 220 g/mol. The Morgan fingerprint density at radius 1 is 1.59 bits per heavy atom. The van der Waals surface area contributed by atoms with Gasteiger partial charge >= 0.3 is 0 Å². The summed E-state index contributed by atoms with van der Waals surface area (Å²) in [5.74, 6) is -0.243. The topological polar surface area (TPSA) is 75.2 Å². The third-order valence-electron chi connectivity index (χ3n) is 2.59. The molecule has 0 saturated heterocycles. The van der Waals surface area contributed by atoms with E-state index in [9.17, 15) is 9.90 Å². The highest BCUT2D eigenvalue weighted by molar-refractivity contribution is 5.44. The smallest absolute Gasteiger partial charge is 0.253 e. The molecule has 0 fully saturated rings. The summed E-state index contributed by atoms with van der Waals surface area (Å²) in [4.78, 5) is 11.7. The number of methoxy groups -OCH3 is 1. The zero-order valence-electron chi connectivity index (χ0n) is 10.1. The highest BCUT2D eigenvalue weighted by Gasteiger charge is 2.13. The van der Waals surface area contributed by atoms with Crippen LogP contribution >= 0.6 is 0 Å². The van der Waals surface area contributed by atoms with E-state index in [0.29, 0.717) is 31.6 Å². The second-order valence-electron chi connectivity index (χ2n) is 3.67. The molecule has 92 valence electrons. The number of ether oxygens (including phenoxy) is 1. The average molecular weight is 236 g/mol. The fourth-order valence-electron chi connectivity index (χ4n) is 1.67. The van der Waals surface area contributed by atoms with E-state index < -0.39 is 0 Å². The molecule has 1 aromatic rings. The van der Waals surface area contributed by atoms with Crippen molar-refractivity contribution in [3.05, 3.63) is 27.5 Å². The van der Waals surface area contributed by atoms with Crippen molar-refractivity contribution in [2.75, 3.05) is 13.7 Å². The molecule has 1 aromatic heterocycles. The van der Waals surface area contributed by atoms with Crippen LogP contribution in [0.3, 0.4) is 0 Å². The largest absolute Gasteiger partial charge is 0.493 e. The Labute approximate surface area is 99.9 Å². The third-order valence-corrected chi connectivity index (χ3v) is 2.59. The molecule has 17 heavy (non-hydrogen) atoms. The van der Waals surface area contributed by atoms with Crippen molar-refractivity contribution in [1.82, 2.24) is 4.57 Å². The van der Waals surface area contributed by atoms with Crippen LogP contribution in [-0.4, -0.2) is 23.4 Å². The summed E-state index contributed by atoms with van der Waals surface area (Å²) >= 11 is 0. The summed E-state index contributed by atoms with van der Waals surface area (Å²) in [5.41, 5.74) is 0.483. The van der Waals surface area contributed by atoms with Crippen molar-refractivity contribution in [2.45, 2.75) is 26.3 Å². The summed E-state index contributed by atoms with van der Waals surface area (Å²) in [6.45, 7) is 2.69. The Hall–Kier alpha value is -1.80. The monoisotopic (exact) mass is 236 g/mol. The van der Waals surface area contributed by atoms with Gasteiger partial charge < -0.3 is 9.84 Å². The summed E-state index contributed by atoms with van der Waals surface area (Å²) in [6.07, 6.45) is 1.16. The number of nitriles is 1. The molecule has 0 aliphatic heterocycles. The Morgan fingerprint density at radius 2 is 2.29 bits per heavy atom. The maximum absolute atomic E-state index is 11.7. The van der Waals surface area contributed by atoms with Gasteiger partial charge in [-0.1, -0.05) is 6.92 Å². The summed E-state index contributed by atoms with van der Waals surface area (Å²) < 4.78 is 6.09. The van der Waals surface area contributed by atoms with Crippen LogP contribution in [0.25, 0.3) is 0 Å². The van der Waals surface area contributed by atoms with Gasteiger partial charge in [0.15, 0.2) is 0 Å². The normalized spacial score (nSPS) is 10.2. The lowest BCUT2D eigenvalue weighted by Gasteiger charge is -2.11. The number of rotatable bonds is 5. The van der Waals surface area contributed by atoms with Gasteiger partial charge in [-0.25, -0.2) is 0 Å². The first-order valence-corrected chi connectivity index (χ1v) is 5.50. The lowest BCUT2D eigenvalue weighted by Crippen LogP contribution is -2.22. The Kier molecular flexibility index (Phi) is 4.73. The van der Waals surface area contributed by atoms with Crippen molar-refractivity contribution in [2.24, 2.45) is 0 Å². The molecule has 0 bridgehead atoms. The van der Waals surface area contributed by atoms with Gasteiger partial charge in [0.25, 0.3) is 5.56 Å². The number of hydrogen-bond donors (Lipinski definition) is 1. The van der Waals surface area contributed by atoms with Crippen LogP contribution in [0.2, 0.25) is 0 Å². The first-order valence-electron chi connectivity index (χ1n) is 5.50. The van der Waals surface area contributed by atoms with Crippen LogP contribution in [0.1, 0.15) is 24.5 Å². The van der Waals surface area contributed by atoms with Crippen LogP contribution in [0.15, 0.2) is 10.9 Å². The van der Waals surface area contributed by atoms with Crippen molar-refractivity contribution >= 4 is 0 Å². The van der Waals surface area contributed by atoms with Gasteiger partial charge in [0.1, 0.15) is 11.6 Å². The molecule has 0 unspecified atom stereocenters. The summed E-state index contributed by atoms with van der Waals surface area (Å²) in [6, 6.07) is 3.34. The highest BCUT2D eigenvalue weighted by atomic mass is 16.5. The number of hydrogen-bond acceptors (Lipinski definition) is 4. The van der Waals surface area contributed by atoms with Gasteiger partial charge in [0.2, 0.25) is 5.88 Å². The van der Waals surface area contributed by atoms with Crippen molar-refractivity contribution in [3.8, 4) is 11.9 Å². The molecule has 5 heteroatoms. The van der Waals surface area contributed by atoms with Crippen molar-refractivity contribution < 1.29 is 9.84 Å². The van der Waals surface area contributed by atoms with E-state index in [1.807, 2.05) is 13.0 Å². The fourth-order valence-corrected chi connectivity index (χ4v) is 1.67. The first kappa shape index (κ1) is 13.3. The first-order chi connectivity index (χ1) is 8.15. The lowest BCUT2D eigenvalue weighted by molar-refractivity contribution is 0.188. The molecule has 1 N–H and O–H groups in total. The predicted molar refractivity (Wildman–Crippen MR) is 63.0 cm³/mol. The number of aromatic hydroxyl groups is 1. The number of aryl methyl sites for hydroxylation is 1. The van der Waals surface area contributed by atoms with E-state index >= 15 is 0 Å². The Morgan fingerprint density at radius 3 is 2.82 bits per heavy atom. The third kappa shape index (κ3) is 2.86. The summed E-state index contributed by atoms with van der Waals surface area (Å²) in [7, 11) is 1.57. The van der Waals surface area contributed by atoms with Gasteiger partial charge in [-0.3, -0.25) is 9.36 Å². The molecule has 0 amide bonds. The van der Waals surface area contributed by atoms with Crippen LogP contribution in [0.4, 0.5) is 0 Å². The minimum Gasteiger partial charge on any atom is -0.493 e. The standard InChI is InChI=1S/C12H16N2O3/c1-3-9-7-11(15)14(5-4-6-17-2)12(16)10(9)8-13/h7,16H,3-6H2,1-2H3. The van der Waals surface area contributed by atoms with Gasteiger partial charge in [-0.05, 0) is 18.4 Å². The number of pyridine rings is 1. The van der Waals surface area contributed by atoms with E-state index in [4.69, 9.17) is 10.00 Å². The van der Waals surface area contributed by atoms with E-state index in [-0.39, 0.29) is 17.0 Å². The zero-order valence-corrected chi connectivity index (χ0v) is 10.1. The van der Waals surface area contributed by atoms with Crippen LogP contribution in [0, 0.1) is 11.3 Å². The quantitative estimate of drug-likeness (QED) is 0.774. The maximum Gasteiger partial charge on any atom is 0.253 e. The van der Waals surface area contributed by atoms with Gasteiger partial charge in [-0.2, -0.15) is 5.26 Å². The highest BCUT2D eigenvalue weighted by Crippen LogP contribution is 2.18. The molecule has 1 heterocycles. The van der Waals surface area contributed by atoms with E-state index in [1.54, 1.807) is 7.11 Å². The van der Waals surface area contributed by atoms with Crippen LogP contribution < -0.4 is 5.56 Å². The molecule has 0 saturated carbocycles. The maximum atomic E-state index is 11.7. The minimum absolute atomic E-state index is 0.185. The molecular formula is C12H16N2O3. The second-order valence-corrected chi connectivity index (χ2v) is 3.67. The van der Waals surface area contributed by atoms with E-state index in [2.05, 4.69) is 0 Å². The number of nitrogens with zero attached hydrogens (tertiary/aromatic N) is 2. The molecule has 0 spiro atoms. The molecule has 0 aliphatic rings. The Balaban J connectivity index is 3.15. The van der Waals surface area contributed by atoms with Crippen molar-refractivity contribution in [1.29, 1.82) is 5.26 Å². The minimum atomic E-state index is -0.283. The number of aromatic nitrogens is 1. The van der Waals surface area contributed by atoms with Gasteiger partial charge in [-0.15, -0.1) is 0 Å². The molecule has 0 aliphatic carbocycles. The van der Waals surface area contributed by atoms with Crippen LogP contribution in [0.5, 0.6) is 5.88 Å².